The van der Waals surface area contributed by atoms with Gasteiger partial charge in [0.15, 0.2) is 0 Å². The summed E-state index contributed by atoms with van der Waals surface area (Å²) in [5.74, 6) is -1.98. The summed E-state index contributed by atoms with van der Waals surface area (Å²) in [7, 11) is 1.54. The first-order chi connectivity index (χ1) is 12.6. The number of carbonyl (C=O) groups is 2. The van der Waals surface area contributed by atoms with Crippen LogP contribution in [0, 0.1) is 0 Å². The van der Waals surface area contributed by atoms with Crippen LogP contribution < -0.4 is 5.32 Å². The molecular formula is C20H21NO5. The van der Waals surface area contributed by atoms with E-state index in [1.165, 1.54) is 0 Å². The van der Waals surface area contributed by atoms with Gasteiger partial charge in [0.25, 0.3) is 0 Å². The molecule has 0 spiro atoms. The van der Waals surface area contributed by atoms with Gasteiger partial charge < -0.3 is 19.9 Å². The van der Waals surface area contributed by atoms with E-state index in [-0.39, 0.29) is 13.2 Å². The maximum atomic E-state index is 12.2. The standard InChI is InChI=1S/C20H21NO5/c1-25-10-11-26-12-17(22)21-19(20(23)24)18-15-8-4-2-6-13(15)14-7-3-5-9-16(14)18/h2-9,18-19H,10-12H2,1H3,(H,21,22)(H,23,24)/t19-/m1/s1. The van der Waals surface area contributed by atoms with Crippen LogP contribution in [-0.4, -0.2) is 50.0 Å². The Morgan fingerprint density at radius 1 is 1.04 bits per heavy atom. The van der Waals surface area contributed by atoms with Crippen molar-refractivity contribution in [2.75, 3.05) is 26.9 Å². The van der Waals surface area contributed by atoms with E-state index in [2.05, 4.69) is 5.32 Å². The van der Waals surface area contributed by atoms with Gasteiger partial charge in [-0.2, -0.15) is 0 Å². The minimum atomic E-state index is -1.08. The number of aliphatic carboxylic acids is 1. The monoisotopic (exact) mass is 355 g/mol. The van der Waals surface area contributed by atoms with Crippen molar-refractivity contribution in [1.29, 1.82) is 0 Å². The number of hydrogen-bond donors (Lipinski definition) is 2. The highest BCUT2D eigenvalue weighted by Crippen LogP contribution is 2.46. The highest BCUT2D eigenvalue weighted by molar-refractivity contribution is 5.89. The fourth-order valence-corrected chi connectivity index (χ4v) is 3.36. The van der Waals surface area contributed by atoms with Crippen molar-refractivity contribution in [2.45, 2.75) is 12.0 Å². The highest BCUT2D eigenvalue weighted by atomic mass is 16.5. The molecule has 0 heterocycles. The number of amides is 1. The van der Waals surface area contributed by atoms with E-state index in [1.54, 1.807) is 7.11 Å². The van der Waals surface area contributed by atoms with Crippen molar-refractivity contribution >= 4 is 11.9 Å². The first-order valence-corrected chi connectivity index (χ1v) is 8.40. The summed E-state index contributed by atoms with van der Waals surface area (Å²) in [6.07, 6.45) is 0. The molecule has 0 saturated carbocycles. The van der Waals surface area contributed by atoms with Crippen LogP contribution in [0.2, 0.25) is 0 Å². The Balaban J connectivity index is 1.84. The van der Waals surface area contributed by atoms with Crippen LogP contribution in [-0.2, 0) is 19.1 Å². The summed E-state index contributed by atoms with van der Waals surface area (Å²) < 4.78 is 10.0. The third-order valence-electron chi connectivity index (χ3n) is 4.46. The van der Waals surface area contributed by atoms with Crippen LogP contribution in [0.3, 0.4) is 0 Å². The second kappa shape index (κ2) is 8.12. The van der Waals surface area contributed by atoms with Gasteiger partial charge in [-0.25, -0.2) is 4.79 Å². The molecule has 2 aromatic rings. The topological polar surface area (TPSA) is 84.9 Å². The number of rotatable bonds is 8. The van der Waals surface area contributed by atoms with Gasteiger partial charge >= 0.3 is 5.97 Å². The minimum Gasteiger partial charge on any atom is -0.480 e. The lowest BCUT2D eigenvalue weighted by molar-refractivity contribution is -0.143. The molecule has 1 aliphatic rings. The maximum absolute atomic E-state index is 12.2. The average Bonchev–Trinajstić information content (AvgIpc) is 2.98. The van der Waals surface area contributed by atoms with E-state index >= 15 is 0 Å². The number of carboxylic acids is 1. The molecule has 0 saturated heterocycles. The second-order valence-electron chi connectivity index (χ2n) is 6.08. The van der Waals surface area contributed by atoms with E-state index in [0.717, 1.165) is 22.3 Å². The van der Waals surface area contributed by atoms with Crippen LogP contribution >= 0.6 is 0 Å². The summed E-state index contributed by atoms with van der Waals surface area (Å²) >= 11 is 0. The Morgan fingerprint density at radius 3 is 2.15 bits per heavy atom. The lowest BCUT2D eigenvalue weighted by Gasteiger charge is -2.23. The van der Waals surface area contributed by atoms with Crippen molar-refractivity contribution in [3.05, 3.63) is 59.7 Å². The number of methoxy groups -OCH3 is 1. The summed E-state index contributed by atoms with van der Waals surface area (Å²) in [5.41, 5.74) is 3.82. The fraction of sp³-hybridized carbons (Fsp3) is 0.300. The first-order valence-electron chi connectivity index (χ1n) is 8.40. The Labute approximate surface area is 151 Å². The number of hydrogen-bond acceptors (Lipinski definition) is 4. The predicted molar refractivity (Wildman–Crippen MR) is 96.0 cm³/mol. The molecule has 26 heavy (non-hydrogen) atoms. The summed E-state index contributed by atoms with van der Waals surface area (Å²) in [4.78, 5) is 24.1. The lowest BCUT2D eigenvalue weighted by Crippen LogP contribution is -2.46. The third kappa shape index (κ3) is 3.61. The highest BCUT2D eigenvalue weighted by Gasteiger charge is 2.38. The molecule has 1 aliphatic carbocycles. The van der Waals surface area contributed by atoms with Crippen LogP contribution in [0.1, 0.15) is 17.0 Å². The summed E-state index contributed by atoms with van der Waals surface area (Å²) in [6, 6.07) is 14.3. The molecule has 0 aliphatic heterocycles. The zero-order chi connectivity index (χ0) is 18.5. The predicted octanol–water partition coefficient (Wildman–Crippen LogP) is 2.03. The normalized spacial score (nSPS) is 13.7. The largest absolute Gasteiger partial charge is 0.480 e. The quantitative estimate of drug-likeness (QED) is 0.708. The molecule has 0 unspecified atom stereocenters. The van der Waals surface area contributed by atoms with Crippen molar-refractivity contribution < 1.29 is 24.2 Å². The van der Waals surface area contributed by atoms with E-state index in [1.807, 2.05) is 48.5 Å². The van der Waals surface area contributed by atoms with Crippen molar-refractivity contribution in [3.8, 4) is 11.1 Å². The van der Waals surface area contributed by atoms with E-state index < -0.39 is 23.8 Å². The zero-order valence-corrected chi connectivity index (χ0v) is 14.5. The van der Waals surface area contributed by atoms with Crippen LogP contribution in [0.5, 0.6) is 0 Å². The van der Waals surface area contributed by atoms with Gasteiger partial charge in [-0.05, 0) is 22.3 Å². The molecule has 2 aromatic carbocycles. The van der Waals surface area contributed by atoms with Crippen molar-refractivity contribution in [3.63, 3.8) is 0 Å². The SMILES string of the molecule is COCCOCC(=O)N[C@@H](C(=O)O)C1c2ccccc2-c2ccccc21. The number of carbonyl (C=O) groups excluding carboxylic acids is 1. The molecule has 6 heteroatoms. The van der Waals surface area contributed by atoms with Crippen LogP contribution in [0.4, 0.5) is 0 Å². The van der Waals surface area contributed by atoms with Gasteiger partial charge in [0.2, 0.25) is 5.91 Å². The Morgan fingerprint density at radius 2 is 1.62 bits per heavy atom. The molecule has 0 aromatic heterocycles. The molecule has 2 N–H and O–H groups in total. The number of carboxylic acid groups (broad SMARTS) is 1. The van der Waals surface area contributed by atoms with Gasteiger partial charge in [-0.15, -0.1) is 0 Å². The van der Waals surface area contributed by atoms with Crippen molar-refractivity contribution in [2.24, 2.45) is 0 Å². The Hall–Kier alpha value is -2.70. The maximum Gasteiger partial charge on any atom is 0.327 e. The lowest BCUT2D eigenvalue weighted by atomic mass is 9.89. The minimum absolute atomic E-state index is 0.205. The van der Waals surface area contributed by atoms with Crippen LogP contribution in [0.25, 0.3) is 11.1 Å². The van der Waals surface area contributed by atoms with Gasteiger partial charge in [-0.1, -0.05) is 48.5 Å². The number of fused-ring (bicyclic) bond motifs is 3. The molecule has 0 radical (unpaired) electrons. The third-order valence-corrected chi connectivity index (χ3v) is 4.46. The van der Waals surface area contributed by atoms with Gasteiger partial charge in [-0.3, -0.25) is 4.79 Å². The Bertz CT molecular complexity index is 759. The van der Waals surface area contributed by atoms with E-state index in [4.69, 9.17) is 9.47 Å². The average molecular weight is 355 g/mol. The fourth-order valence-electron chi connectivity index (χ4n) is 3.36. The molecule has 1 amide bonds. The molecule has 0 fully saturated rings. The van der Waals surface area contributed by atoms with E-state index in [0.29, 0.717) is 6.61 Å². The molecular weight excluding hydrogens is 334 g/mol. The number of benzene rings is 2. The van der Waals surface area contributed by atoms with Gasteiger partial charge in [0.1, 0.15) is 12.6 Å². The van der Waals surface area contributed by atoms with Gasteiger partial charge in [0, 0.05) is 13.0 Å². The molecule has 1 atom stereocenters. The Kier molecular flexibility index (Phi) is 5.65. The van der Waals surface area contributed by atoms with E-state index in [9.17, 15) is 14.7 Å². The van der Waals surface area contributed by atoms with Crippen LogP contribution in [0.15, 0.2) is 48.5 Å². The summed E-state index contributed by atoms with van der Waals surface area (Å²) in [6.45, 7) is 0.443. The molecule has 6 nitrogen and oxygen atoms in total. The summed E-state index contributed by atoms with van der Waals surface area (Å²) in [5, 5.41) is 12.4. The molecule has 3 rings (SSSR count). The first kappa shape index (κ1) is 18.1. The smallest absolute Gasteiger partial charge is 0.327 e. The molecule has 0 bridgehead atoms. The second-order valence-corrected chi connectivity index (χ2v) is 6.08. The zero-order valence-electron chi connectivity index (χ0n) is 14.5. The van der Waals surface area contributed by atoms with Crippen molar-refractivity contribution in [1.82, 2.24) is 5.32 Å². The molecule has 136 valence electrons. The number of nitrogens with one attached hydrogen (secondary N) is 1. The number of ether oxygens (including phenoxy) is 2. The van der Waals surface area contributed by atoms with Gasteiger partial charge in [0.05, 0.1) is 13.2 Å².